The Hall–Kier alpha value is -4.01. The molecule has 0 bridgehead atoms. The van der Waals surface area contributed by atoms with Crippen molar-refractivity contribution >= 4 is 29.1 Å². The van der Waals surface area contributed by atoms with E-state index in [4.69, 9.17) is 4.52 Å². The molecule has 0 saturated carbocycles. The molecule has 1 fully saturated rings. The zero-order valence-corrected chi connectivity index (χ0v) is 19.2. The average Bonchev–Trinajstić information content (AvgIpc) is 3.31. The summed E-state index contributed by atoms with van der Waals surface area (Å²) in [5.41, 5.74) is 3.09. The Kier molecular flexibility index (Phi) is 7.01. The molecule has 9 nitrogen and oxygen atoms in total. The second-order valence-corrected chi connectivity index (χ2v) is 8.45. The summed E-state index contributed by atoms with van der Waals surface area (Å²) in [5.74, 6) is 0.776. The van der Waals surface area contributed by atoms with Crippen molar-refractivity contribution in [3.05, 3.63) is 60.0 Å². The van der Waals surface area contributed by atoms with Crippen molar-refractivity contribution in [3.63, 3.8) is 0 Å². The second-order valence-electron chi connectivity index (χ2n) is 8.45. The number of amides is 3. The lowest BCUT2D eigenvalue weighted by Crippen LogP contribution is -2.40. The van der Waals surface area contributed by atoms with Gasteiger partial charge in [-0.25, -0.2) is 0 Å². The first-order valence-corrected chi connectivity index (χ1v) is 11.2. The molecule has 3 aromatic rings. The summed E-state index contributed by atoms with van der Waals surface area (Å²) in [4.78, 5) is 41.7. The number of nitrogens with one attached hydrogen (secondary N) is 2. The molecule has 2 N–H and O–H groups in total. The minimum absolute atomic E-state index is 0.0141. The van der Waals surface area contributed by atoms with E-state index in [2.05, 4.69) is 20.8 Å². The van der Waals surface area contributed by atoms with Gasteiger partial charge in [-0.05, 0) is 54.8 Å². The number of carbonyl (C=O) groups excluding carboxylic acids is 3. The Bertz CT molecular complexity index is 1170. The van der Waals surface area contributed by atoms with Gasteiger partial charge in [0, 0.05) is 43.9 Å². The molecule has 176 valence electrons. The van der Waals surface area contributed by atoms with Crippen molar-refractivity contribution in [1.29, 1.82) is 0 Å². The van der Waals surface area contributed by atoms with Crippen LogP contribution in [0.1, 0.15) is 44.1 Å². The standard InChI is InChI=1S/C25H27N5O4/c1-16(31)26-21-9-5-18(6-10-21)14-23(33)30-13-3-4-20(15-30)25-28-24(29-34-25)19-7-11-22(12-8-19)27-17(2)32/h5-12,20H,3-4,13-15H2,1-2H3,(H,26,31)(H,27,32). The van der Waals surface area contributed by atoms with Crippen molar-refractivity contribution in [2.45, 2.75) is 39.0 Å². The smallest absolute Gasteiger partial charge is 0.231 e. The topological polar surface area (TPSA) is 117 Å². The molecule has 1 atom stereocenters. The molecule has 1 aromatic heterocycles. The molecule has 0 aliphatic carbocycles. The molecule has 2 heterocycles. The minimum Gasteiger partial charge on any atom is -0.342 e. The van der Waals surface area contributed by atoms with E-state index >= 15 is 0 Å². The maximum absolute atomic E-state index is 12.9. The number of benzene rings is 2. The van der Waals surface area contributed by atoms with Crippen molar-refractivity contribution in [2.24, 2.45) is 0 Å². The summed E-state index contributed by atoms with van der Waals surface area (Å²) >= 11 is 0. The first-order chi connectivity index (χ1) is 16.4. The largest absolute Gasteiger partial charge is 0.342 e. The summed E-state index contributed by atoms with van der Waals surface area (Å²) in [5, 5.41) is 9.56. The Labute approximate surface area is 197 Å². The molecule has 3 amide bonds. The molecule has 4 rings (SSSR count). The van der Waals surface area contributed by atoms with E-state index in [-0.39, 0.29) is 23.6 Å². The van der Waals surface area contributed by atoms with Crippen LogP contribution in [0.15, 0.2) is 53.1 Å². The predicted molar refractivity (Wildman–Crippen MR) is 127 cm³/mol. The highest BCUT2D eigenvalue weighted by molar-refractivity contribution is 5.89. The number of carbonyl (C=O) groups is 3. The van der Waals surface area contributed by atoms with Crippen LogP contribution >= 0.6 is 0 Å². The van der Waals surface area contributed by atoms with Gasteiger partial charge in [0.2, 0.25) is 29.4 Å². The average molecular weight is 462 g/mol. The lowest BCUT2D eigenvalue weighted by Gasteiger charge is -2.31. The van der Waals surface area contributed by atoms with Gasteiger partial charge in [-0.15, -0.1) is 0 Å². The van der Waals surface area contributed by atoms with E-state index in [0.29, 0.717) is 42.6 Å². The maximum atomic E-state index is 12.9. The number of nitrogens with zero attached hydrogens (tertiary/aromatic N) is 3. The zero-order chi connectivity index (χ0) is 24.1. The van der Waals surface area contributed by atoms with Crippen LogP contribution in [0.5, 0.6) is 0 Å². The quantitative estimate of drug-likeness (QED) is 0.579. The Morgan fingerprint density at radius 3 is 2.21 bits per heavy atom. The summed E-state index contributed by atoms with van der Waals surface area (Å²) < 4.78 is 5.54. The molecular formula is C25H27N5O4. The van der Waals surface area contributed by atoms with Crippen LogP contribution in [0.2, 0.25) is 0 Å². The number of piperidine rings is 1. The zero-order valence-electron chi connectivity index (χ0n) is 19.2. The van der Waals surface area contributed by atoms with Gasteiger partial charge in [-0.3, -0.25) is 14.4 Å². The van der Waals surface area contributed by atoms with Crippen LogP contribution in [0.3, 0.4) is 0 Å². The van der Waals surface area contributed by atoms with E-state index in [9.17, 15) is 14.4 Å². The molecule has 0 radical (unpaired) electrons. The molecule has 9 heteroatoms. The number of likely N-dealkylation sites (tertiary alicyclic amines) is 1. The van der Waals surface area contributed by atoms with E-state index in [1.807, 2.05) is 29.2 Å². The van der Waals surface area contributed by atoms with Crippen LogP contribution in [0, 0.1) is 0 Å². The minimum atomic E-state index is -0.131. The van der Waals surface area contributed by atoms with Crippen LogP contribution in [0.25, 0.3) is 11.4 Å². The second kappa shape index (κ2) is 10.3. The number of rotatable bonds is 6. The van der Waals surface area contributed by atoms with Crippen molar-refractivity contribution in [3.8, 4) is 11.4 Å². The summed E-state index contributed by atoms with van der Waals surface area (Å²) in [6, 6.07) is 14.5. The first-order valence-electron chi connectivity index (χ1n) is 11.2. The van der Waals surface area contributed by atoms with E-state index < -0.39 is 0 Å². The number of hydrogen-bond donors (Lipinski definition) is 2. The predicted octanol–water partition coefficient (Wildman–Crippen LogP) is 3.60. The molecule has 1 aliphatic heterocycles. The molecule has 2 aromatic carbocycles. The van der Waals surface area contributed by atoms with Crippen LogP contribution in [-0.4, -0.2) is 45.9 Å². The van der Waals surface area contributed by atoms with E-state index in [0.717, 1.165) is 24.0 Å². The van der Waals surface area contributed by atoms with E-state index in [1.165, 1.54) is 13.8 Å². The fourth-order valence-corrected chi connectivity index (χ4v) is 4.03. The summed E-state index contributed by atoms with van der Waals surface area (Å²) in [6.45, 7) is 4.15. The van der Waals surface area contributed by atoms with Gasteiger partial charge < -0.3 is 20.1 Å². The van der Waals surface area contributed by atoms with Gasteiger partial charge in [0.15, 0.2) is 0 Å². The normalized spacial score (nSPS) is 15.6. The van der Waals surface area contributed by atoms with Gasteiger partial charge in [0.25, 0.3) is 0 Å². The van der Waals surface area contributed by atoms with Crippen LogP contribution in [0.4, 0.5) is 11.4 Å². The Morgan fingerprint density at radius 1 is 0.971 bits per heavy atom. The lowest BCUT2D eigenvalue weighted by molar-refractivity contribution is -0.131. The third kappa shape index (κ3) is 5.86. The Balaban J connectivity index is 1.37. The van der Waals surface area contributed by atoms with Crippen LogP contribution < -0.4 is 10.6 Å². The van der Waals surface area contributed by atoms with Crippen molar-refractivity contribution < 1.29 is 18.9 Å². The number of hydrogen-bond acceptors (Lipinski definition) is 6. The van der Waals surface area contributed by atoms with Gasteiger partial charge in [-0.1, -0.05) is 17.3 Å². The molecule has 34 heavy (non-hydrogen) atoms. The first kappa shape index (κ1) is 23.2. The Morgan fingerprint density at radius 2 is 1.59 bits per heavy atom. The van der Waals surface area contributed by atoms with Gasteiger partial charge >= 0.3 is 0 Å². The summed E-state index contributed by atoms with van der Waals surface area (Å²) in [7, 11) is 0. The summed E-state index contributed by atoms with van der Waals surface area (Å²) in [6.07, 6.45) is 2.03. The molecule has 1 aliphatic rings. The number of anilines is 2. The maximum Gasteiger partial charge on any atom is 0.231 e. The lowest BCUT2D eigenvalue weighted by atomic mass is 9.97. The monoisotopic (exact) mass is 461 g/mol. The van der Waals surface area contributed by atoms with Crippen molar-refractivity contribution in [2.75, 3.05) is 23.7 Å². The van der Waals surface area contributed by atoms with Crippen LogP contribution in [-0.2, 0) is 20.8 Å². The van der Waals surface area contributed by atoms with Gasteiger partial charge in [0.05, 0.1) is 12.3 Å². The third-order valence-electron chi connectivity index (χ3n) is 5.66. The molecule has 0 spiro atoms. The molecular weight excluding hydrogens is 434 g/mol. The molecule has 1 unspecified atom stereocenters. The van der Waals surface area contributed by atoms with E-state index in [1.54, 1.807) is 24.3 Å². The van der Waals surface area contributed by atoms with Gasteiger partial charge in [-0.2, -0.15) is 4.98 Å². The fourth-order valence-electron chi connectivity index (χ4n) is 4.03. The number of aromatic nitrogens is 2. The third-order valence-corrected chi connectivity index (χ3v) is 5.66. The molecule has 1 saturated heterocycles. The van der Waals surface area contributed by atoms with Crippen molar-refractivity contribution in [1.82, 2.24) is 15.0 Å². The SMILES string of the molecule is CC(=O)Nc1ccc(CC(=O)N2CCCC(c3nc(-c4ccc(NC(C)=O)cc4)no3)C2)cc1. The highest BCUT2D eigenvalue weighted by Gasteiger charge is 2.28. The highest BCUT2D eigenvalue weighted by Crippen LogP contribution is 2.28. The highest BCUT2D eigenvalue weighted by atomic mass is 16.5. The van der Waals surface area contributed by atoms with Gasteiger partial charge in [0.1, 0.15) is 0 Å². The fraction of sp³-hybridized carbons (Fsp3) is 0.320.